The first kappa shape index (κ1) is 15.1. The molecule has 1 N–H and O–H groups in total. The van der Waals surface area contributed by atoms with Gasteiger partial charge in [-0.15, -0.1) is 0 Å². The van der Waals surface area contributed by atoms with Crippen LogP contribution in [-0.4, -0.2) is 45.3 Å². The highest BCUT2D eigenvalue weighted by atomic mass is 16.5. The van der Waals surface area contributed by atoms with Gasteiger partial charge in [0, 0.05) is 13.1 Å². The molecule has 20 heavy (non-hydrogen) atoms. The fraction of sp³-hybridized carbons (Fsp3) is 0.625. The van der Waals surface area contributed by atoms with E-state index in [-0.39, 0.29) is 0 Å². The topological polar surface area (TPSA) is 33.7 Å². The Hall–Kier alpha value is -1.26. The number of rotatable bonds is 7. The highest BCUT2D eigenvalue weighted by molar-refractivity contribution is 5.42. The van der Waals surface area contributed by atoms with Crippen LogP contribution in [0.25, 0.3) is 0 Å². The minimum Gasteiger partial charge on any atom is -0.493 e. The maximum atomic E-state index is 5.36. The summed E-state index contributed by atoms with van der Waals surface area (Å²) in [6, 6.07) is 6.19. The first-order valence-corrected chi connectivity index (χ1v) is 7.40. The Kier molecular flexibility index (Phi) is 5.68. The Morgan fingerprint density at radius 1 is 1.25 bits per heavy atom. The normalized spacial score (nSPS) is 19.2. The van der Waals surface area contributed by atoms with E-state index in [1.165, 1.54) is 25.1 Å². The van der Waals surface area contributed by atoms with Crippen molar-refractivity contribution in [3.63, 3.8) is 0 Å². The van der Waals surface area contributed by atoms with Gasteiger partial charge in [0.25, 0.3) is 0 Å². The van der Waals surface area contributed by atoms with E-state index in [1.54, 1.807) is 14.2 Å². The number of hydrogen-bond donors (Lipinski definition) is 1. The zero-order valence-corrected chi connectivity index (χ0v) is 12.8. The van der Waals surface area contributed by atoms with Crippen molar-refractivity contribution >= 4 is 0 Å². The molecule has 1 aromatic rings. The van der Waals surface area contributed by atoms with Crippen LogP contribution in [0, 0.1) is 5.92 Å². The molecule has 4 nitrogen and oxygen atoms in total. The van der Waals surface area contributed by atoms with Crippen LogP contribution in [0.2, 0.25) is 0 Å². The van der Waals surface area contributed by atoms with Gasteiger partial charge in [0.2, 0.25) is 0 Å². The Labute approximate surface area is 122 Å². The third-order valence-corrected chi connectivity index (χ3v) is 3.91. The fourth-order valence-electron chi connectivity index (χ4n) is 2.81. The van der Waals surface area contributed by atoms with Crippen LogP contribution < -0.4 is 14.8 Å². The molecule has 0 saturated carbocycles. The van der Waals surface area contributed by atoms with Gasteiger partial charge in [-0.25, -0.2) is 0 Å². The van der Waals surface area contributed by atoms with E-state index >= 15 is 0 Å². The fourth-order valence-corrected chi connectivity index (χ4v) is 2.81. The minimum atomic E-state index is 0.787. The lowest BCUT2D eigenvalue weighted by Crippen LogP contribution is -2.26. The van der Waals surface area contributed by atoms with Crippen molar-refractivity contribution in [2.24, 2.45) is 5.92 Å². The molecule has 1 atom stereocenters. The van der Waals surface area contributed by atoms with E-state index in [0.29, 0.717) is 0 Å². The summed E-state index contributed by atoms with van der Waals surface area (Å²) < 4.78 is 10.6. The standard InChI is InChI=1S/C16H26N2O2/c1-4-17-10-14-7-8-18(12-14)11-13-5-6-15(19-2)16(9-13)20-3/h5-6,9,14,17H,4,7-8,10-12H2,1-3H3. The Morgan fingerprint density at radius 2 is 2.05 bits per heavy atom. The molecular formula is C16H26N2O2. The van der Waals surface area contributed by atoms with Crippen molar-refractivity contribution in [3.05, 3.63) is 23.8 Å². The summed E-state index contributed by atoms with van der Waals surface area (Å²) >= 11 is 0. The Balaban J connectivity index is 1.91. The molecular weight excluding hydrogens is 252 g/mol. The monoisotopic (exact) mass is 278 g/mol. The van der Waals surface area contributed by atoms with Gasteiger partial charge < -0.3 is 14.8 Å². The van der Waals surface area contributed by atoms with Crippen LogP contribution in [0.5, 0.6) is 11.5 Å². The Bertz CT molecular complexity index is 423. The molecule has 0 spiro atoms. The minimum absolute atomic E-state index is 0.787. The molecule has 1 aliphatic rings. The molecule has 1 heterocycles. The van der Waals surface area contributed by atoms with E-state index in [0.717, 1.165) is 37.1 Å². The lowest BCUT2D eigenvalue weighted by Gasteiger charge is -2.17. The van der Waals surface area contributed by atoms with Crippen LogP contribution in [0.1, 0.15) is 18.9 Å². The van der Waals surface area contributed by atoms with Gasteiger partial charge in [-0.2, -0.15) is 0 Å². The Morgan fingerprint density at radius 3 is 2.75 bits per heavy atom. The van der Waals surface area contributed by atoms with Crippen molar-refractivity contribution in [3.8, 4) is 11.5 Å². The molecule has 0 amide bonds. The number of ether oxygens (including phenoxy) is 2. The summed E-state index contributed by atoms with van der Waals surface area (Å²) in [5, 5.41) is 3.44. The van der Waals surface area contributed by atoms with Crippen LogP contribution in [0.4, 0.5) is 0 Å². The number of benzene rings is 1. The molecule has 1 aliphatic heterocycles. The van der Waals surface area contributed by atoms with Crippen molar-refractivity contribution in [1.29, 1.82) is 0 Å². The maximum Gasteiger partial charge on any atom is 0.161 e. The smallest absolute Gasteiger partial charge is 0.161 e. The van der Waals surface area contributed by atoms with Crippen LogP contribution in [0.15, 0.2) is 18.2 Å². The average molecular weight is 278 g/mol. The van der Waals surface area contributed by atoms with Gasteiger partial charge in [0.1, 0.15) is 0 Å². The quantitative estimate of drug-likeness (QED) is 0.828. The summed E-state index contributed by atoms with van der Waals surface area (Å²) in [6.07, 6.45) is 1.29. The van der Waals surface area contributed by atoms with Crippen molar-refractivity contribution in [1.82, 2.24) is 10.2 Å². The van der Waals surface area contributed by atoms with E-state index in [2.05, 4.69) is 29.3 Å². The number of nitrogens with zero attached hydrogens (tertiary/aromatic N) is 1. The summed E-state index contributed by atoms with van der Waals surface area (Å²) in [6.45, 7) is 7.72. The molecule has 0 aliphatic carbocycles. The van der Waals surface area contributed by atoms with E-state index in [1.807, 2.05) is 6.07 Å². The van der Waals surface area contributed by atoms with E-state index in [4.69, 9.17) is 9.47 Å². The highest BCUT2D eigenvalue weighted by Crippen LogP contribution is 2.28. The molecule has 4 heteroatoms. The van der Waals surface area contributed by atoms with Crippen LogP contribution in [-0.2, 0) is 6.54 Å². The van der Waals surface area contributed by atoms with Gasteiger partial charge in [-0.05, 0) is 49.7 Å². The molecule has 112 valence electrons. The van der Waals surface area contributed by atoms with E-state index < -0.39 is 0 Å². The predicted octanol–water partition coefficient (Wildman–Crippen LogP) is 2.14. The summed E-state index contributed by atoms with van der Waals surface area (Å²) in [5.41, 5.74) is 1.28. The van der Waals surface area contributed by atoms with Gasteiger partial charge in [0.15, 0.2) is 11.5 Å². The van der Waals surface area contributed by atoms with Crippen molar-refractivity contribution in [2.45, 2.75) is 19.9 Å². The molecule has 0 aromatic heterocycles. The van der Waals surface area contributed by atoms with Gasteiger partial charge >= 0.3 is 0 Å². The van der Waals surface area contributed by atoms with Crippen LogP contribution >= 0.6 is 0 Å². The second kappa shape index (κ2) is 7.50. The average Bonchev–Trinajstić information content (AvgIpc) is 2.92. The number of hydrogen-bond acceptors (Lipinski definition) is 4. The first-order valence-electron chi connectivity index (χ1n) is 7.40. The molecule has 2 rings (SSSR count). The predicted molar refractivity (Wildman–Crippen MR) is 81.5 cm³/mol. The van der Waals surface area contributed by atoms with Gasteiger partial charge in [0.05, 0.1) is 14.2 Å². The van der Waals surface area contributed by atoms with Gasteiger partial charge in [-0.3, -0.25) is 4.90 Å². The number of nitrogens with one attached hydrogen (secondary N) is 1. The summed E-state index contributed by atoms with van der Waals surface area (Å²) in [5.74, 6) is 2.39. The van der Waals surface area contributed by atoms with Crippen molar-refractivity contribution < 1.29 is 9.47 Å². The summed E-state index contributed by atoms with van der Waals surface area (Å²) in [7, 11) is 3.35. The first-order chi connectivity index (χ1) is 9.76. The lowest BCUT2D eigenvalue weighted by molar-refractivity contribution is 0.312. The third-order valence-electron chi connectivity index (χ3n) is 3.91. The largest absolute Gasteiger partial charge is 0.493 e. The molecule has 1 saturated heterocycles. The van der Waals surface area contributed by atoms with E-state index in [9.17, 15) is 0 Å². The summed E-state index contributed by atoms with van der Waals surface area (Å²) in [4.78, 5) is 2.52. The second-order valence-corrected chi connectivity index (χ2v) is 5.39. The molecule has 0 bridgehead atoms. The van der Waals surface area contributed by atoms with Gasteiger partial charge in [-0.1, -0.05) is 13.0 Å². The number of methoxy groups -OCH3 is 2. The maximum absolute atomic E-state index is 5.36. The zero-order valence-electron chi connectivity index (χ0n) is 12.8. The molecule has 0 radical (unpaired) electrons. The highest BCUT2D eigenvalue weighted by Gasteiger charge is 2.22. The SMILES string of the molecule is CCNCC1CCN(Cc2ccc(OC)c(OC)c2)C1. The van der Waals surface area contributed by atoms with Crippen LogP contribution in [0.3, 0.4) is 0 Å². The second-order valence-electron chi connectivity index (χ2n) is 5.39. The molecule has 1 unspecified atom stereocenters. The molecule has 1 aromatic carbocycles. The molecule has 1 fully saturated rings. The number of likely N-dealkylation sites (tertiary alicyclic amines) is 1. The lowest BCUT2D eigenvalue weighted by atomic mass is 10.1. The zero-order chi connectivity index (χ0) is 14.4. The third kappa shape index (κ3) is 3.87. The van der Waals surface area contributed by atoms with Crippen molar-refractivity contribution in [2.75, 3.05) is 40.4 Å².